The first-order chi connectivity index (χ1) is 7.15. The minimum atomic E-state index is 0.364. The lowest BCUT2D eigenvalue weighted by molar-refractivity contribution is 0.509. The molecule has 0 aromatic carbocycles. The zero-order valence-corrected chi connectivity index (χ0v) is 10.3. The summed E-state index contributed by atoms with van der Waals surface area (Å²) in [5.74, 6) is 1.70. The van der Waals surface area contributed by atoms with E-state index in [-0.39, 0.29) is 0 Å². The van der Waals surface area contributed by atoms with Crippen molar-refractivity contribution < 1.29 is 0 Å². The highest BCUT2D eigenvalue weighted by atomic mass is 35.5. The Kier molecular flexibility index (Phi) is 4.82. The molecule has 4 heteroatoms. The molecule has 0 atom stereocenters. The largest absolute Gasteiger partial charge is 0.247 e. The Hall–Kier alpha value is -0.830. The third-order valence-corrected chi connectivity index (χ3v) is 2.39. The van der Waals surface area contributed by atoms with E-state index < -0.39 is 0 Å². The summed E-state index contributed by atoms with van der Waals surface area (Å²) < 4.78 is 1.96. The van der Waals surface area contributed by atoms with Gasteiger partial charge >= 0.3 is 0 Å². The number of aromatic nitrogens is 3. The summed E-state index contributed by atoms with van der Waals surface area (Å²) >= 11 is 5.63. The van der Waals surface area contributed by atoms with Crippen LogP contribution in [-0.4, -0.2) is 20.6 Å². The van der Waals surface area contributed by atoms with E-state index in [9.17, 15) is 0 Å². The van der Waals surface area contributed by atoms with Gasteiger partial charge in [0.2, 0.25) is 0 Å². The zero-order chi connectivity index (χ0) is 11.3. The summed E-state index contributed by atoms with van der Waals surface area (Å²) in [6.45, 7) is 6.32. The van der Waals surface area contributed by atoms with Crippen LogP contribution in [0.15, 0.2) is 18.0 Å². The van der Waals surface area contributed by atoms with Gasteiger partial charge in [0.05, 0.1) is 0 Å². The number of halogens is 1. The van der Waals surface area contributed by atoms with Gasteiger partial charge in [0.15, 0.2) is 0 Å². The molecule has 0 aliphatic heterocycles. The van der Waals surface area contributed by atoms with Gasteiger partial charge in [-0.15, -0.1) is 11.6 Å². The highest BCUT2D eigenvalue weighted by Crippen LogP contribution is 2.10. The molecule has 84 valence electrons. The molecular weight excluding hydrogens is 210 g/mol. The van der Waals surface area contributed by atoms with Crippen molar-refractivity contribution in [1.82, 2.24) is 14.8 Å². The van der Waals surface area contributed by atoms with E-state index in [2.05, 4.69) is 36.9 Å². The molecule has 3 nitrogen and oxygen atoms in total. The van der Waals surface area contributed by atoms with Gasteiger partial charge in [-0.3, -0.25) is 0 Å². The lowest BCUT2D eigenvalue weighted by Gasteiger charge is -2.09. The zero-order valence-electron chi connectivity index (χ0n) is 9.57. The molecule has 0 aliphatic rings. The van der Waals surface area contributed by atoms with Crippen molar-refractivity contribution in [2.75, 3.05) is 5.88 Å². The molecule has 0 spiro atoms. The van der Waals surface area contributed by atoms with E-state index in [4.69, 9.17) is 11.6 Å². The molecule has 0 amide bonds. The van der Waals surface area contributed by atoms with E-state index >= 15 is 0 Å². The van der Waals surface area contributed by atoms with Crippen molar-refractivity contribution in [3.05, 3.63) is 23.8 Å². The third kappa shape index (κ3) is 3.67. The number of nitrogens with zero attached hydrogens (tertiary/aromatic N) is 3. The van der Waals surface area contributed by atoms with Crippen molar-refractivity contribution in [3.63, 3.8) is 0 Å². The number of hydrogen-bond acceptors (Lipinski definition) is 2. The summed E-state index contributed by atoms with van der Waals surface area (Å²) in [6.07, 6.45) is 5.55. The first-order valence-corrected chi connectivity index (χ1v) is 5.78. The number of rotatable bonds is 5. The molecule has 0 N–H and O–H groups in total. The second-order valence-corrected chi connectivity index (χ2v) is 4.30. The standard InChI is InChI=1S/C11H18ClN3/c1-9(2)15-11(13-8-14-15)7-10(3)5-4-6-12/h5,8-9H,4,6-7H2,1-3H3. The minimum absolute atomic E-state index is 0.364. The van der Waals surface area contributed by atoms with Crippen LogP contribution >= 0.6 is 11.6 Å². The van der Waals surface area contributed by atoms with Gasteiger partial charge in [0.25, 0.3) is 0 Å². The summed E-state index contributed by atoms with van der Waals surface area (Å²) in [6, 6.07) is 0.364. The Balaban J connectivity index is 2.67. The lowest BCUT2D eigenvalue weighted by Crippen LogP contribution is -2.08. The number of hydrogen-bond donors (Lipinski definition) is 0. The van der Waals surface area contributed by atoms with E-state index in [0.717, 1.165) is 18.7 Å². The van der Waals surface area contributed by atoms with Crippen molar-refractivity contribution in [1.29, 1.82) is 0 Å². The molecular formula is C11H18ClN3. The van der Waals surface area contributed by atoms with Crippen molar-refractivity contribution in [3.8, 4) is 0 Å². The minimum Gasteiger partial charge on any atom is -0.247 e. The first kappa shape index (κ1) is 12.2. The number of alkyl halides is 1. The van der Waals surface area contributed by atoms with Crippen LogP contribution in [0, 0.1) is 0 Å². The van der Waals surface area contributed by atoms with E-state index in [1.165, 1.54) is 5.57 Å². The molecule has 1 heterocycles. The molecule has 0 aliphatic carbocycles. The highest BCUT2D eigenvalue weighted by Gasteiger charge is 2.07. The first-order valence-electron chi connectivity index (χ1n) is 5.25. The lowest BCUT2D eigenvalue weighted by atomic mass is 10.2. The van der Waals surface area contributed by atoms with Crippen molar-refractivity contribution in [2.24, 2.45) is 0 Å². The summed E-state index contributed by atoms with van der Waals surface area (Å²) in [5.41, 5.74) is 1.30. The second kappa shape index (κ2) is 5.91. The molecule has 0 unspecified atom stereocenters. The molecule has 1 aromatic heterocycles. The van der Waals surface area contributed by atoms with Crippen LogP contribution in [0.25, 0.3) is 0 Å². The van der Waals surface area contributed by atoms with Crippen LogP contribution in [0.5, 0.6) is 0 Å². The fourth-order valence-corrected chi connectivity index (χ4v) is 1.56. The molecule has 0 bridgehead atoms. The Morgan fingerprint density at radius 3 is 2.93 bits per heavy atom. The topological polar surface area (TPSA) is 30.7 Å². The molecule has 0 saturated heterocycles. The maximum absolute atomic E-state index is 5.63. The predicted molar refractivity (Wildman–Crippen MR) is 63.2 cm³/mol. The fourth-order valence-electron chi connectivity index (χ4n) is 1.45. The van der Waals surface area contributed by atoms with Gasteiger partial charge in [0, 0.05) is 18.3 Å². The van der Waals surface area contributed by atoms with Gasteiger partial charge in [-0.2, -0.15) is 5.10 Å². The SMILES string of the molecule is CC(=CCCCl)Cc1ncnn1C(C)C. The van der Waals surface area contributed by atoms with E-state index in [1.807, 2.05) is 4.68 Å². The number of allylic oxidation sites excluding steroid dienone is 2. The van der Waals surface area contributed by atoms with Crippen molar-refractivity contribution in [2.45, 2.75) is 39.7 Å². The maximum atomic E-state index is 5.63. The Bertz CT molecular complexity index is 328. The van der Waals surface area contributed by atoms with Crippen LogP contribution in [0.2, 0.25) is 0 Å². The average molecular weight is 228 g/mol. The molecule has 1 aromatic rings. The predicted octanol–water partition coefficient (Wildman–Crippen LogP) is 2.98. The van der Waals surface area contributed by atoms with E-state index in [1.54, 1.807) is 6.33 Å². The maximum Gasteiger partial charge on any atom is 0.138 e. The van der Waals surface area contributed by atoms with Crippen LogP contribution < -0.4 is 0 Å². The summed E-state index contributed by atoms with van der Waals surface area (Å²) in [7, 11) is 0. The normalized spacial score (nSPS) is 12.5. The van der Waals surface area contributed by atoms with Gasteiger partial charge in [-0.25, -0.2) is 9.67 Å². The van der Waals surface area contributed by atoms with Crippen LogP contribution in [0.1, 0.15) is 39.1 Å². The summed E-state index contributed by atoms with van der Waals surface area (Å²) in [4.78, 5) is 4.26. The fraction of sp³-hybridized carbons (Fsp3) is 0.636. The molecule has 1 rings (SSSR count). The third-order valence-electron chi connectivity index (χ3n) is 2.18. The Morgan fingerprint density at radius 1 is 1.60 bits per heavy atom. The van der Waals surface area contributed by atoms with E-state index in [0.29, 0.717) is 11.9 Å². The molecule has 0 saturated carbocycles. The molecule has 0 fully saturated rings. The van der Waals surface area contributed by atoms with Gasteiger partial charge in [-0.05, 0) is 27.2 Å². The van der Waals surface area contributed by atoms with Crippen molar-refractivity contribution >= 4 is 11.6 Å². The smallest absolute Gasteiger partial charge is 0.138 e. The molecule has 15 heavy (non-hydrogen) atoms. The second-order valence-electron chi connectivity index (χ2n) is 3.92. The quantitative estimate of drug-likeness (QED) is 0.572. The highest BCUT2D eigenvalue weighted by molar-refractivity contribution is 6.17. The monoisotopic (exact) mass is 227 g/mol. The van der Waals surface area contributed by atoms with Gasteiger partial charge < -0.3 is 0 Å². The van der Waals surface area contributed by atoms with Crippen LogP contribution in [-0.2, 0) is 6.42 Å². The van der Waals surface area contributed by atoms with Gasteiger partial charge in [-0.1, -0.05) is 11.6 Å². The van der Waals surface area contributed by atoms with Crippen LogP contribution in [0.3, 0.4) is 0 Å². The van der Waals surface area contributed by atoms with Crippen LogP contribution in [0.4, 0.5) is 0 Å². The average Bonchev–Trinajstić information content (AvgIpc) is 2.62. The van der Waals surface area contributed by atoms with Gasteiger partial charge in [0.1, 0.15) is 12.2 Å². The molecule has 0 radical (unpaired) electrons. The Morgan fingerprint density at radius 2 is 2.33 bits per heavy atom. The summed E-state index contributed by atoms with van der Waals surface area (Å²) in [5, 5.41) is 4.20. The Labute approximate surface area is 96.2 Å².